The molecule has 0 unspecified atom stereocenters. The molecule has 6 heteroatoms. The van der Waals surface area contributed by atoms with Crippen LogP contribution in [0.4, 0.5) is 5.82 Å². The number of carbonyl (C=O) groups excluding carboxylic acids is 1. The third-order valence-electron chi connectivity index (χ3n) is 4.74. The molecule has 1 aliphatic rings. The molecule has 1 aromatic heterocycles. The van der Waals surface area contributed by atoms with E-state index in [9.17, 15) is 4.79 Å². The van der Waals surface area contributed by atoms with Gasteiger partial charge in [0.05, 0.1) is 5.52 Å². The smallest absolute Gasteiger partial charge is 0.251 e. The standard InChI is InChI=1S/C20H19ClN4O/c21-15-6-7-17-18(12-15)22-13-23-19(17)25-10-8-16(9-11-25)24-20(26)14-4-2-1-3-5-14/h1-7,12-13,16H,8-11H2,(H,24,26). The van der Waals surface area contributed by atoms with Crippen LogP contribution in [-0.4, -0.2) is 35.0 Å². The molecule has 5 nitrogen and oxygen atoms in total. The average Bonchev–Trinajstić information content (AvgIpc) is 2.68. The van der Waals surface area contributed by atoms with Crippen LogP contribution in [0.5, 0.6) is 0 Å². The van der Waals surface area contributed by atoms with Crippen molar-refractivity contribution < 1.29 is 4.79 Å². The van der Waals surface area contributed by atoms with Gasteiger partial charge in [-0.15, -0.1) is 0 Å². The summed E-state index contributed by atoms with van der Waals surface area (Å²) in [6.07, 6.45) is 3.35. The second kappa shape index (κ2) is 7.30. The van der Waals surface area contributed by atoms with Gasteiger partial charge in [-0.2, -0.15) is 0 Å². The van der Waals surface area contributed by atoms with Crippen molar-refractivity contribution in [2.24, 2.45) is 0 Å². The van der Waals surface area contributed by atoms with E-state index in [1.807, 2.05) is 48.5 Å². The van der Waals surface area contributed by atoms with Crippen molar-refractivity contribution in [2.45, 2.75) is 18.9 Å². The van der Waals surface area contributed by atoms with Gasteiger partial charge in [0.25, 0.3) is 5.91 Å². The Balaban J connectivity index is 1.43. The highest BCUT2D eigenvalue weighted by Crippen LogP contribution is 2.27. The second-order valence-electron chi connectivity index (χ2n) is 6.46. The van der Waals surface area contributed by atoms with Crippen molar-refractivity contribution in [3.8, 4) is 0 Å². The lowest BCUT2D eigenvalue weighted by molar-refractivity contribution is 0.0931. The van der Waals surface area contributed by atoms with Crippen molar-refractivity contribution in [1.29, 1.82) is 0 Å². The fraction of sp³-hybridized carbons (Fsp3) is 0.250. The quantitative estimate of drug-likeness (QED) is 0.768. The number of hydrogen-bond donors (Lipinski definition) is 1. The summed E-state index contributed by atoms with van der Waals surface area (Å²) in [4.78, 5) is 23.4. The number of piperidine rings is 1. The van der Waals surface area contributed by atoms with E-state index in [0.717, 1.165) is 42.7 Å². The van der Waals surface area contributed by atoms with Crippen LogP contribution in [0.3, 0.4) is 0 Å². The number of rotatable bonds is 3. The van der Waals surface area contributed by atoms with E-state index in [2.05, 4.69) is 20.2 Å². The SMILES string of the molecule is O=C(NC1CCN(c2ncnc3cc(Cl)ccc23)CC1)c1ccccc1. The topological polar surface area (TPSA) is 58.1 Å². The molecule has 0 aliphatic carbocycles. The van der Waals surface area contributed by atoms with E-state index in [4.69, 9.17) is 11.6 Å². The summed E-state index contributed by atoms with van der Waals surface area (Å²) in [6, 6.07) is 15.2. The van der Waals surface area contributed by atoms with E-state index >= 15 is 0 Å². The van der Waals surface area contributed by atoms with Crippen LogP contribution in [0.25, 0.3) is 10.9 Å². The summed E-state index contributed by atoms with van der Waals surface area (Å²) in [7, 11) is 0. The summed E-state index contributed by atoms with van der Waals surface area (Å²) in [5, 5.41) is 4.81. The normalized spacial score (nSPS) is 15.2. The van der Waals surface area contributed by atoms with Gasteiger partial charge in [-0.1, -0.05) is 29.8 Å². The van der Waals surface area contributed by atoms with Crippen molar-refractivity contribution in [2.75, 3.05) is 18.0 Å². The Labute approximate surface area is 157 Å². The van der Waals surface area contributed by atoms with Crippen LogP contribution in [0, 0.1) is 0 Å². The zero-order chi connectivity index (χ0) is 17.9. The van der Waals surface area contributed by atoms with Crippen LogP contribution in [0.15, 0.2) is 54.9 Å². The molecule has 0 saturated carbocycles. The number of hydrogen-bond acceptors (Lipinski definition) is 4. The van der Waals surface area contributed by atoms with Gasteiger partial charge in [0, 0.05) is 35.1 Å². The lowest BCUT2D eigenvalue weighted by Crippen LogP contribution is -2.45. The first-order valence-corrected chi connectivity index (χ1v) is 9.09. The summed E-state index contributed by atoms with van der Waals surface area (Å²) in [5.74, 6) is 0.922. The zero-order valence-electron chi connectivity index (χ0n) is 14.2. The fourth-order valence-electron chi connectivity index (χ4n) is 3.36. The van der Waals surface area contributed by atoms with Crippen LogP contribution in [0.2, 0.25) is 5.02 Å². The first kappa shape index (κ1) is 16.8. The number of amides is 1. The Hall–Kier alpha value is -2.66. The van der Waals surface area contributed by atoms with E-state index in [1.165, 1.54) is 0 Å². The number of fused-ring (bicyclic) bond motifs is 1. The number of anilines is 1. The lowest BCUT2D eigenvalue weighted by Gasteiger charge is -2.33. The monoisotopic (exact) mass is 366 g/mol. The van der Waals surface area contributed by atoms with Gasteiger partial charge in [0.15, 0.2) is 0 Å². The first-order chi connectivity index (χ1) is 12.7. The summed E-state index contributed by atoms with van der Waals surface area (Å²) < 4.78 is 0. The molecule has 1 aliphatic heterocycles. The number of halogens is 1. The van der Waals surface area contributed by atoms with Crippen LogP contribution in [0.1, 0.15) is 23.2 Å². The first-order valence-electron chi connectivity index (χ1n) is 8.72. The largest absolute Gasteiger partial charge is 0.356 e. The van der Waals surface area contributed by atoms with Crippen molar-refractivity contribution in [3.63, 3.8) is 0 Å². The van der Waals surface area contributed by atoms with E-state index in [1.54, 1.807) is 6.33 Å². The van der Waals surface area contributed by atoms with Gasteiger partial charge < -0.3 is 10.2 Å². The summed E-state index contributed by atoms with van der Waals surface area (Å²) >= 11 is 6.06. The maximum absolute atomic E-state index is 12.3. The molecule has 1 fully saturated rings. The molecule has 0 spiro atoms. The Morgan fingerprint density at radius 1 is 1.08 bits per heavy atom. The van der Waals surface area contributed by atoms with E-state index in [-0.39, 0.29) is 11.9 Å². The van der Waals surface area contributed by atoms with Crippen LogP contribution in [-0.2, 0) is 0 Å². The molecule has 2 aromatic carbocycles. The van der Waals surface area contributed by atoms with Crippen LogP contribution < -0.4 is 10.2 Å². The fourth-order valence-corrected chi connectivity index (χ4v) is 3.53. The third-order valence-corrected chi connectivity index (χ3v) is 4.98. The minimum Gasteiger partial charge on any atom is -0.356 e. The number of benzene rings is 2. The summed E-state index contributed by atoms with van der Waals surface area (Å²) in [5.41, 5.74) is 1.55. The number of nitrogens with zero attached hydrogens (tertiary/aromatic N) is 3. The molecule has 0 radical (unpaired) electrons. The van der Waals surface area contributed by atoms with Crippen molar-refractivity contribution in [1.82, 2.24) is 15.3 Å². The molecular formula is C20H19ClN4O. The van der Waals surface area contributed by atoms with Gasteiger partial charge in [0.2, 0.25) is 0 Å². The Bertz CT molecular complexity index is 924. The molecule has 0 bridgehead atoms. The molecule has 0 atom stereocenters. The second-order valence-corrected chi connectivity index (χ2v) is 6.90. The van der Waals surface area contributed by atoms with Gasteiger partial charge in [-0.05, 0) is 43.2 Å². The van der Waals surface area contributed by atoms with Gasteiger partial charge in [-0.3, -0.25) is 4.79 Å². The Kier molecular flexibility index (Phi) is 4.71. The Morgan fingerprint density at radius 2 is 1.85 bits per heavy atom. The maximum atomic E-state index is 12.3. The van der Waals surface area contributed by atoms with Gasteiger partial charge >= 0.3 is 0 Å². The molecule has 132 valence electrons. The molecular weight excluding hydrogens is 348 g/mol. The number of carbonyl (C=O) groups is 1. The predicted molar refractivity (Wildman–Crippen MR) is 104 cm³/mol. The Morgan fingerprint density at radius 3 is 2.62 bits per heavy atom. The highest BCUT2D eigenvalue weighted by Gasteiger charge is 2.23. The molecule has 1 amide bonds. The number of aromatic nitrogens is 2. The number of nitrogens with one attached hydrogen (secondary N) is 1. The van der Waals surface area contributed by atoms with Crippen LogP contribution >= 0.6 is 11.6 Å². The van der Waals surface area contributed by atoms with Crippen molar-refractivity contribution >= 4 is 34.2 Å². The molecule has 4 rings (SSSR count). The minimum absolute atomic E-state index is 0.00817. The molecule has 1 N–H and O–H groups in total. The highest BCUT2D eigenvalue weighted by molar-refractivity contribution is 6.31. The average molecular weight is 367 g/mol. The van der Waals surface area contributed by atoms with Gasteiger partial charge in [0.1, 0.15) is 12.1 Å². The molecule has 3 aromatic rings. The van der Waals surface area contributed by atoms with Gasteiger partial charge in [-0.25, -0.2) is 9.97 Å². The highest BCUT2D eigenvalue weighted by atomic mass is 35.5. The van der Waals surface area contributed by atoms with E-state index in [0.29, 0.717) is 10.6 Å². The zero-order valence-corrected chi connectivity index (χ0v) is 15.0. The molecule has 26 heavy (non-hydrogen) atoms. The third kappa shape index (κ3) is 3.48. The maximum Gasteiger partial charge on any atom is 0.251 e. The minimum atomic E-state index is -0.00817. The van der Waals surface area contributed by atoms with Crippen molar-refractivity contribution in [3.05, 3.63) is 65.4 Å². The molecule has 2 heterocycles. The molecule has 1 saturated heterocycles. The summed E-state index contributed by atoms with van der Waals surface area (Å²) in [6.45, 7) is 1.68. The predicted octanol–water partition coefficient (Wildman–Crippen LogP) is 3.68. The lowest BCUT2D eigenvalue weighted by atomic mass is 10.0. The van der Waals surface area contributed by atoms with E-state index < -0.39 is 0 Å².